The number of aliphatic imine (C=N–C) groups is 1. The smallest absolute Gasteiger partial charge is 0.255 e. The molecule has 1 aliphatic rings. The number of Topliss-reactive ketones (excluding diaryl/α,β-unsaturated/α-hetero) is 1. The van der Waals surface area contributed by atoms with Crippen molar-refractivity contribution in [3.63, 3.8) is 0 Å². The van der Waals surface area contributed by atoms with Crippen molar-refractivity contribution in [2.24, 2.45) is 4.99 Å². The zero-order valence-corrected chi connectivity index (χ0v) is 18.5. The minimum atomic E-state index is -0.283. The van der Waals surface area contributed by atoms with E-state index in [0.29, 0.717) is 16.8 Å². The number of ether oxygens (including phenoxy) is 1. The van der Waals surface area contributed by atoms with Crippen LogP contribution in [0.5, 0.6) is 5.75 Å². The van der Waals surface area contributed by atoms with E-state index in [1.807, 2.05) is 48.5 Å². The van der Waals surface area contributed by atoms with Crippen molar-refractivity contribution in [3.05, 3.63) is 95.1 Å². The number of methoxy groups -OCH3 is 1. The number of hydrogen-bond acceptors (Lipinski definition) is 4. The first-order valence-electron chi connectivity index (χ1n) is 10.6. The van der Waals surface area contributed by atoms with Crippen molar-refractivity contribution in [1.29, 1.82) is 0 Å². The molecule has 0 bridgehead atoms. The van der Waals surface area contributed by atoms with Crippen LogP contribution in [0.3, 0.4) is 0 Å². The van der Waals surface area contributed by atoms with Gasteiger partial charge in [0, 0.05) is 22.4 Å². The molecule has 0 saturated heterocycles. The Morgan fingerprint density at radius 1 is 0.969 bits per heavy atom. The van der Waals surface area contributed by atoms with E-state index in [2.05, 4.69) is 19.2 Å². The van der Waals surface area contributed by atoms with Crippen LogP contribution in [0.1, 0.15) is 52.1 Å². The molecule has 1 N–H and O–H groups in total. The van der Waals surface area contributed by atoms with Crippen molar-refractivity contribution in [1.82, 2.24) is 0 Å². The molecule has 1 heterocycles. The third-order valence-electron chi connectivity index (χ3n) is 5.50. The third kappa shape index (κ3) is 4.78. The number of carbonyl (C=O) groups excluding carboxylic acids is 2. The van der Waals surface area contributed by atoms with Crippen LogP contribution in [-0.4, -0.2) is 30.1 Å². The van der Waals surface area contributed by atoms with Crippen LogP contribution in [-0.2, 0) is 6.42 Å². The highest BCUT2D eigenvalue weighted by molar-refractivity contribution is 6.17. The summed E-state index contributed by atoms with van der Waals surface area (Å²) >= 11 is 0. The molecule has 5 nitrogen and oxygen atoms in total. The second kappa shape index (κ2) is 8.79. The fourth-order valence-electron chi connectivity index (χ4n) is 3.98. The van der Waals surface area contributed by atoms with Crippen molar-refractivity contribution in [2.75, 3.05) is 12.4 Å². The fourth-order valence-corrected chi connectivity index (χ4v) is 3.98. The van der Waals surface area contributed by atoms with Gasteiger partial charge < -0.3 is 10.1 Å². The molecule has 3 aromatic carbocycles. The van der Waals surface area contributed by atoms with Gasteiger partial charge in [-0.3, -0.25) is 14.6 Å². The van der Waals surface area contributed by atoms with Crippen molar-refractivity contribution in [2.45, 2.75) is 32.2 Å². The number of rotatable bonds is 6. The predicted octanol–water partition coefficient (Wildman–Crippen LogP) is 5.34. The summed E-state index contributed by atoms with van der Waals surface area (Å²) in [6, 6.07) is 22.0. The lowest BCUT2D eigenvalue weighted by Gasteiger charge is -2.29. The molecule has 0 radical (unpaired) electrons. The van der Waals surface area contributed by atoms with Crippen molar-refractivity contribution in [3.8, 4) is 5.75 Å². The molecule has 0 fully saturated rings. The van der Waals surface area contributed by atoms with Crippen LogP contribution in [0, 0.1) is 0 Å². The topological polar surface area (TPSA) is 67.8 Å². The van der Waals surface area contributed by atoms with Gasteiger partial charge in [0.15, 0.2) is 5.78 Å². The average Bonchev–Trinajstić information content (AvgIpc) is 2.79. The molecule has 0 aromatic heterocycles. The van der Waals surface area contributed by atoms with Crippen LogP contribution in [0.25, 0.3) is 0 Å². The number of benzene rings is 3. The summed E-state index contributed by atoms with van der Waals surface area (Å²) in [5.74, 6) is 0.407. The second-order valence-corrected chi connectivity index (χ2v) is 8.57. The van der Waals surface area contributed by atoms with Gasteiger partial charge in [0.25, 0.3) is 5.91 Å². The number of fused-ring (bicyclic) bond motifs is 1. The zero-order valence-electron chi connectivity index (χ0n) is 18.5. The highest BCUT2D eigenvalue weighted by atomic mass is 16.5. The van der Waals surface area contributed by atoms with Gasteiger partial charge in [0.2, 0.25) is 0 Å². The highest BCUT2D eigenvalue weighted by Crippen LogP contribution is 2.31. The van der Waals surface area contributed by atoms with E-state index >= 15 is 0 Å². The van der Waals surface area contributed by atoms with Crippen molar-refractivity contribution < 1.29 is 14.3 Å². The molecule has 32 heavy (non-hydrogen) atoms. The number of para-hydroxylation sites is 1. The van der Waals surface area contributed by atoms with E-state index in [9.17, 15) is 9.59 Å². The number of amides is 1. The molecule has 5 heteroatoms. The van der Waals surface area contributed by atoms with Gasteiger partial charge in [0.1, 0.15) is 5.75 Å². The van der Waals surface area contributed by atoms with Crippen LogP contribution in [0.15, 0.2) is 77.8 Å². The lowest BCUT2D eigenvalue weighted by atomic mass is 9.85. The fraction of sp³-hybridized carbons (Fsp3) is 0.222. The van der Waals surface area contributed by atoms with Gasteiger partial charge in [-0.2, -0.15) is 0 Å². The van der Waals surface area contributed by atoms with Crippen LogP contribution in [0.4, 0.5) is 5.69 Å². The van der Waals surface area contributed by atoms with Crippen LogP contribution in [0.2, 0.25) is 0 Å². The summed E-state index contributed by atoms with van der Waals surface area (Å²) in [6.45, 7) is 4.14. The van der Waals surface area contributed by atoms with E-state index in [4.69, 9.17) is 9.73 Å². The number of anilines is 1. The van der Waals surface area contributed by atoms with Crippen LogP contribution < -0.4 is 10.1 Å². The maximum Gasteiger partial charge on any atom is 0.255 e. The number of nitrogens with zero attached hydrogens (tertiary/aromatic N) is 1. The number of hydrogen-bond donors (Lipinski definition) is 1. The quantitative estimate of drug-likeness (QED) is 0.541. The Bertz CT molecular complexity index is 1200. The standard InChI is InChI=1S/C27H26N2O3/c1-27(2)17-20-12-13-22(32-3)15-23(20)24(29-27)16-25(30)18-8-7-9-19(14-18)26(31)28-21-10-5-4-6-11-21/h4-15H,16-17H2,1-3H3,(H,28,31). The van der Waals surface area contributed by atoms with Gasteiger partial charge in [-0.15, -0.1) is 0 Å². The van der Waals surface area contributed by atoms with Gasteiger partial charge in [-0.05, 0) is 62.2 Å². The normalized spacial score (nSPS) is 14.2. The maximum absolute atomic E-state index is 13.2. The molecule has 162 valence electrons. The Morgan fingerprint density at radius 2 is 1.72 bits per heavy atom. The Balaban J connectivity index is 1.57. The van der Waals surface area contributed by atoms with Gasteiger partial charge in [-0.25, -0.2) is 0 Å². The van der Waals surface area contributed by atoms with E-state index < -0.39 is 0 Å². The Hall–Kier alpha value is -3.73. The molecule has 0 spiro atoms. The monoisotopic (exact) mass is 426 g/mol. The second-order valence-electron chi connectivity index (χ2n) is 8.57. The van der Waals surface area contributed by atoms with E-state index in [1.54, 1.807) is 31.4 Å². The van der Waals surface area contributed by atoms with Crippen LogP contribution >= 0.6 is 0 Å². The number of ketones is 1. The first-order chi connectivity index (χ1) is 15.3. The summed E-state index contributed by atoms with van der Waals surface area (Å²) in [5.41, 5.74) is 4.21. The Morgan fingerprint density at radius 3 is 2.47 bits per heavy atom. The largest absolute Gasteiger partial charge is 0.497 e. The SMILES string of the molecule is COc1ccc2c(c1)C(CC(=O)c1cccc(C(=O)Nc3ccccc3)c1)=NC(C)(C)C2. The Kier molecular flexibility index (Phi) is 5.91. The minimum Gasteiger partial charge on any atom is -0.497 e. The predicted molar refractivity (Wildman–Crippen MR) is 127 cm³/mol. The molecule has 4 rings (SSSR count). The van der Waals surface area contributed by atoms with E-state index in [0.717, 1.165) is 29.0 Å². The number of carbonyl (C=O) groups is 2. The third-order valence-corrected chi connectivity index (χ3v) is 5.50. The molecular formula is C27H26N2O3. The summed E-state index contributed by atoms with van der Waals surface area (Å²) < 4.78 is 5.38. The molecule has 0 aliphatic carbocycles. The molecule has 0 unspecified atom stereocenters. The highest BCUT2D eigenvalue weighted by Gasteiger charge is 2.28. The van der Waals surface area contributed by atoms with Gasteiger partial charge in [-0.1, -0.05) is 36.4 Å². The zero-order chi connectivity index (χ0) is 22.7. The maximum atomic E-state index is 13.2. The first-order valence-corrected chi connectivity index (χ1v) is 10.6. The summed E-state index contributed by atoms with van der Waals surface area (Å²) in [7, 11) is 1.63. The molecule has 1 amide bonds. The molecule has 1 aliphatic heterocycles. The molecule has 0 atom stereocenters. The molecule has 0 saturated carbocycles. The lowest BCUT2D eigenvalue weighted by Crippen LogP contribution is -2.30. The van der Waals surface area contributed by atoms with E-state index in [-0.39, 0.29) is 23.7 Å². The molecule has 3 aromatic rings. The Labute approximate surface area is 188 Å². The molecular weight excluding hydrogens is 400 g/mol. The average molecular weight is 427 g/mol. The van der Waals surface area contributed by atoms with Crippen molar-refractivity contribution >= 4 is 23.1 Å². The summed E-state index contributed by atoms with van der Waals surface area (Å²) in [5, 5.41) is 2.85. The lowest BCUT2D eigenvalue weighted by molar-refractivity contribution is 0.100. The van der Waals surface area contributed by atoms with E-state index in [1.165, 1.54) is 0 Å². The van der Waals surface area contributed by atoms with Gasteiger partial charge in [0.05, 0.1) is 24.8 Å². The van der Waals surface area contributed by atoms with Gasteiger partial charge >= 0.3 is 0 Å². The first kappa shape index (κ1) is 21.5. The number of nitrogens with one attached hydrogen (secondary N) is 1. The minimum absolute atomic E-state index is 0.0791. The summed E-state index contributed by atoms with van der Waals surface area (Å²) in [6.07, 6.45) is 0.965. The summed E-state index contributed by atoms with van der Waals surface area (Å²) in [4.78, 5) is 30.7.